The van der Waals surface area contributed by atoms with Crippen LogP contribution in [-0.2, 0) is 4.79 Å². The van der Waals surface area contributed by atoms with Crippen LogP contribution in [0.25, 0.3) is 0 Å². The predicted molar refractivity (Wildman–Crippen MR) is 63.0 cm³/mol. The van der Waals surface area contributed by atoms with Crippen molar-refractivity contribution in [3.8, 4) is 0 Å². The maximum atomic E-state index is 10.8. The first-order valence-corrected chi connectivity index (χ1v) is 5.98. The molecule has 6 heteroatoms. The van der Waals surface area contributed by atoms with Crippen molar-refractivity contribution in [2.45, 2.75) is 32.6 Å². The van der Waals surface area contributed by atoms with E-state index < -0.39 is 5.97 Å². The molecule has 2 heterocycles. The number of carboxylic acids is 1. The minimum atomic E-state index is -0.692. The van der Waals surface area contributed by atoms with E-state index in [0.717, 1.165) is 5.82 Å². The molecule has 2 N–H and O–H groups in total. The Kier molecular flexibility index (Phi) is 3.31. The van der Waals surface area contributed by atoms with Crippen molar-refractivity contribution in [2.75, 3.05) is 18.0 Å². The van der Waals surface area contributed by atoms with Crippen molar-refractivity contribution in [3.05, 3.63) is 5.82 Å². The highest BCUT2D eigenvalue weighted by molar-refractivity contribution is 5.70. The number of hydrogen-bond donors (Lipinski definition) is 2. The van der Waals surface area contributed by atoms with Gasteiger partial charge in [0.15, 0.2) is 0 Å². The first kappa shape index (κ1) is 11.9. The summed E-state index contributed by atoms with van der Waals surface area (Å²) in [7, 11) is 0. The van der Waals surface area contributed by atoms with E-state index in [0.29, 0.717) is 37.8 Å². The maximum Gasteiger partial charge on any atom is 0.306 e. The molecule has 2 rings (SSSR count). The van der Waals surface area contributed by atoms with Crippen LogP contribution in [0.5, 0.6) is 0 Å². The van der Waals surface area contributed by atoms with Gasteiger partial charge in [-0.05, 0) is 12.8 Å². The van der Waals surface area contributed by atoms with Gasteiger partial charge in [-0.2, -0.15) is 4.98 Å². The van der Waals surface area contributed by atoms with E-state index in [2.05, 4.69) is 29.0 Å². The number of nitrogens with one attached hydrogen (secondary N) is 1. The lowest BCUT2D eigenvalue weighted by atomic mass is 9.97. The van der Waals surface area contributed by atoms with E-state index in [1.54, 1.807) is 0 Å². The third-order valence-electron chi connectivity index (χ3n) is 3.16. The number of aliphatic carboxylic acids is 1. The van der Waals surface area contributed by atoms with Gasteiger partial charge < -0.3 is 10.0 Å². The Morgan fingerprint density at radius 3 is 2.59 bits per heavy atom. The molecule has 0 amide bonds. The van der Waals surface area contributed by atoms with E-state index in [-0.39, 0.29) is 5.92 Å². The summed E-state index contributed by atoms with van der Waals surface area (Å²) in [5.41, 5.74) is 0. The molecule has 1 aromatic rings. The molecule has 0 atom stereocenters. The van der Waals surface area contributed by atoms with Crippen LogP contribution in [0.15, 0.2) is 0 Å². The molecule has 1 aromatic heterocycles. The Hall–Kier alpha value is -1.59. The van der Waals surface area contributed by atoms with Crippen molar-refractivity contribution in [1.29, 1.82) is 0 Å². The quantitative estimate of drug-likeness (QED) is 0.827. The molecule has 0 saturated carbocycles. The first-order chi connectivity index (χ1) is 8.08. The van der Waals surface area contributed by atoms with Crippen LogP contribution >= 0.6 is 0 Å². The molecule has 94 valence electrons. The lowest BCUT2D eigenvalue weighted by molar-refractivity contribution is -0.142. The zero-order chi connectivity index (χ0) is 12.4. The minimum Gasteiger partial charge on any atom is -0.481 e. The van der Waals surface area contributed by atoms with Crippen molar-refractivity contribution in [2.24, 2.45) is 5.92 Å². The molecule has 6 nitrogen and oxygen atoms in total. The van der Waals surface area contributed by atoms with Gasteiger partial charge in [0, 0.05) is 19.0 Å². The second-order valence-electron chi connectivity index (χ2n) is 4.77. The van der Waals surface area contributed by atoms with E-state index in [9.17, 15) is 4.79 Å². The van der Waals surface area contributed by atoms with Gasteiger partial charge in [0.25, 0.3) is 0 Å². The Morgan fingerprint density at radius 2 is 2.12 bits per heavy atom. The number of piperidine rings is 1. The second kappa shape index (κ2) is 4.73. The number of rotatable bonds is 3. The Labute approximate surface area is 100 Å². The first-order valence-electron chi connectivity index (χ1n) is 5.98. The Balaban J connectivity index is 1.98. The fourth-order valence-corrected chi connectivity index (χ4v) is 1.99. The summed E-state index contributed by atoms with van der Waals surface area (Å²) >= 11 is 0. The van der Waals surface area contributed by atoms with Crippen molar-refractivity contribution in [3.63, 3.8) is 0 Å². The highest BCUT2D eigenvalue weighted by atomic mass is 16.4. The summed E-state index contributed by atoms with van der Waals surface area (Å²) < 4.78 is 0. The summed E-state index contributed by atoms with van der Waals surface area (Å²) in [5.74, 6) is 0.989. The smallest absolute Gasteiger partial charge is 0.306 e. The van der Waals surface area contributed by atoms with E-state index in [1.165, 1.54) is 0 Å². The van der Waals surface area contributed by atoms with Gasteiger partial charge in [-0.15, -0.1) is 5.10 Å². The van der Waals surface area contributed by atoms with Crippen molar-refractivity contribution < 1.29 is 9.90 Å². The van der Waals surface area contributed by atoms with Gasteiger partial charge in [-0.25, -0.2) is 0 Å². The number of anilines is 1. The molecule has 0 radical (unpaired) electrons. The highest BCUT2D eigenvalue weighted by Gasteiger charge is 2.26. The summed E-state index contributed by atoms with van der Waals surface area (Å²) in [6.45, 7) is 5.54. The molecular weight excluding hydrogens is 220 g/mol. The molecule has 0 bridgehead atoms. The van der Waals surface area contributed by atoms with Crippen LogP contribution in [0.3, 0.4) is 0 Å². The third-order valence-corrected chi connectivity index (χ3v) is 3.16. The van der Waals surface area contributed by atoms with Gasteiger partial charge in [0.2, 0.25) is 5.95 Å². The maximum absolute atomic E-state index is 10.8. The standard InChI is InChI=1S/C11H18N4O2/c1-7(2)9-12-11(14-13-9)15-5-3-8(4-6-15)10(16)17/h7-8H,3-6H2,1-2H3,(H,16,17)(H,12,13,14). The summed E-state index contributed by atoms with van der Waals surface area (Å²) in [5, 5.41) is 16.0. The molecule has 17 heavy (non-hydrogen) atoms. The Morgan fingerprint density at radius 1 is 1.47 bits per heavy atom. The Bertz CT molecular complexity index is 394. The van der Waals surface area contributed by atoms with Gasteiger partial charge in [-0.3, -0.25) is 9.89 Å². The third kappa shape index (κ3) is 2.57. The fourth-order valence-electron chi connectivity index (χ4n) is 1.99. The second-order valence-corrected chi connectivity index (χ2v) is 4.77. The number of hydrogen-bond acceptors (Lipinski definition) is 4. The molecule has 0 unspecified atom stereocenters. The van der Waals surface area contributed by atoms with Crippen LogP contribution in [-0.4, -0.2) is 39.3 Å². The van der Waals surface area contributed by atoms with Crippen molar-refractivity contribution in [1.82, 2.24) is 15.2 Å². The van der Waals surface area contributed by atoms with Crippen LogP contribution in [0.2, 0.25) is 0 Å². The van der Waals surface area contributed by atoms with Gasteiger partial charge in [0.05, 0.1) is 5.92 Å². The average molecular weight is 238 g/mol. The number of aromatic amines is 1. The van der Waals surface area contributed by atoms with Gasteiger partial charge in [-0.1, -0.05) is 13.8 Å². The fraction of sp³-hybridized carbons (Fsp3) is 0.727. The van der Waals surface area contributed by atoms with E-state index in [1.807, 2.05) is 4.90 Å². The molecule has 1 aliphatic rings. The van der Waals surface area contributed by atoms with Crippen LogP contribution in [0.4, 0.5) is 5.95 Å². The van der Waals surface area contributed by atoms with Crippen molar-refractivity contribution >= 4 is 11.9 Å². The number of aromatic nitrogens is 3. The average Bonchev–Trinajstić information content (AvgIpc) is 2.78. The number of carboxylic acid groups (broad SMARTS) is 1. The normalized spacial score (nSPS) is 17.7. The lowest BCUT2D eigenvalue weighted by Gasteiger charge is -2.28. The summed E-state index contributed by atoms with van der Waals surface area (Å²) in [4.78, 5) is 17.3. The SMILES string of the molecule is CC(C)c1nc(N2CCC(C(=O)O)CC2)n[nH]1. The molecular formula is C11H18N4O2. The topological polar surface area (TPSA) is 82.1 Å². The number of H-pyrrole nitrogens is 1. The zero-order valence-corrected chi connectivity index (χ0v) is 10.2. The molecule has 0 spiro atoms. The predicted octanol–water partition coefficient (Wildman–Crippen LogP) is 1.23. The number of carbonyl (C=O) groups is 1. The van der Waals surface area contributed by atoms with Crippen LogP contribution in [0.1, 0.15) is 38.4 Å². The molecule has 0 aromatic carbocycles. The lowest BCUT2D eigenvalue weighted by Crippen LogP contribution is -2.36. The monoisotopic (exact) mass is 238 g/mol. The summed E-state index contributed by atoms with van der Waals surface area (Å²) in [6, 6.07) is 0. The van der Waals surface area contributed by atoms with E-state index in [4.69, 9.17) is 5.11 Å². The van der Waals surface area contributed by atoms with Gasteiger partial charge >= 0.3 is 5.97 Å². The van der Waals surface area contributed by atoms with Crippen LogP contribution in [0, 0.1) is 5.92 Å². The highest BCUT2D eigenvalue weighted by Crippen LogP contribution is 2.21. The molecule has 0 aliphatic carbocycles. The molecule has 1 aliphatic heterocycles. The summed E-state index contributed by atoms with van der Waals surface area (Å²) in [6.07, 6.45) is 1.34. The van der Waals surface area contributed by atoms with Gasteiger partial charge in [0.1, 0.15) is 5.82 Å². The molecule has 1 fully saturated rings. The zero-order valence-electron chi connectivity index (χ0n) is 10.2. The number of nitrogens with zero attached hydrogens (tertiary/aromatic N) is 3. The minimum absolute atomic E-state index is 0.213. The molecule has 1 saturated heterocycles. The van der Waals surface area contributed by atoms with Crippen LogP contribution < -0.4 is 4.90 Å². The largest absolute Gasteiger partial charge is 0.481 e. The van der Waals surface area contributed by atoms with E-state index >= 15 is 0 Å².